The number of hydrogen-bond donors (Lipinski definition) is 1. The molecule has 2 aromatic heterocycles. The largest absolute Gasteiger partial charge is 0.411 e. The van der Waals surface area contributed by atoms with Crippen molar-refractivity contribution >= 4 is 17.1 Å². The van der Waals surface area contributed by atoms with Gasteiger partial charge >= 0.3 is 11.9 Å². The first-order chi connectivity index (χ1) is 13.1. The molecule has 0 unspecified atom stereocenters. The number of aromatic nitrogens is 4. The highest BCUT2D eigenvalue weighted by atomic mass is 19.4. The Balaban J connectivity index is 1.79. The number of ether oxygens (including phenoxy) is 1. The van der Waals surface area contributed by atoms with Crippen LogP contribution in [-0.2, 0) is 30.2 Å². The molecule has 0 spiro atoms. The molecule has 0 bridgehead atoms. The zero-order valence-corrected chi connectivity index (χ0v) is 15.6. The van der Waals surface area contributed by atoms with E-state index in [4.69, 9.17) is 0 Å². The lowest BCUT2D eigenvalue weighted by Crippen LogP contribution is -2.37. The van der Waals surface area contributed by atoms with Gasteiger partial charge in [-0.3, -0.25) is 18.7 Å². The maximum absolute atomic E-state index is 12.3. The van der Waals surface area contributed by atoms with Gasteiger partial charge in [0.25, 0.3) is 5.56 Å². The molecule has 28 heavy (non-hydrogen) atoms. The van der Waals surface area contributed by atoms with E-state index in [1.54, 1.807) is 4.57 Å². The number of carbonyl (C=O) groups excluding carboxylic acids is 1. The minimum atomic E-state index is -4.35. The van der Waals surface area contributed by atoms with Gasteiger partial charge in [-0.25, -0.2) is 9.78 Å². The van der Waals surface area contributed by atoms with Gasteiger partial charge in [0.15, 0.2) is 11.2 Å². The third-order valence-corrected chi connectivity index (χ3v) is 4.07. The molecule has 156 valence electrons. The summed E-state index contributed by atoms with van der Waals surface area (Å²) < 4.78 is 44.0. The molecule has 2 rings (SSSR count). The topological polar surface area (TPSA) is 100 Å². The minimum Gasteiger partial charge on any atom is -0.372 e. The van der Waals surface area contributed by atoms with Crippen LogP contribution in [0, 0.1) is 0 Å². The summed E-state index contributed by atoms with van der Waals surface area (Å²) in [6.45, 7) is -0.826. The summed E-state index contributed by atoms with van der Waals surface area (Å²) in [6, 6.07) is 0. The average molecular weight is 405 g/mol. The fourth-order valence-corrected chi connectivity index (χ4v) is 2.65. The Kier molecular flexibility index (Phi) is 7.00. The number of nitrogens with one attached hydrogen (secondary N) is 1. The van der Waals surface area contributed by atoms with Gasteiger partial charge in [-0.1, -0.05) is 0 Å². The number of alkyl halides is 3. The second kappa shape index (κ2) is 9.04. The van der Waals surface area contributed by atoms with Crippen molar-refractivity contribution in [2.75, 3.05) is 19.8 Å². The molecule has 0 saturated carbocycles. The number of carbonyl (C=O) groups is 1. The smallest absolute Gasteiger partial charge is 0.372 e. The third kappa shape index (κ3) is 5.44. The SMILES string of the molecule is Cn1c(=O)c2c(ncn2CCCC(=O)NCCCOCC(F)(F)F)n(C)c1=O. The van der Waals surface area contributed by atoms with Crippen molar-refractivity contribution < 1.29 is 22.7 Å². The molecule has 0 saturated heterocycles. The summed E-state index contributed by atoms with van der Waals surface area (Å²) in [6.07, 6.45) is -2.03. The summed E-state index contributed by atoms with van der Waals surface area (Å²) in [5.74, 6) is -0.249. The Labute approximate surface area is 157 Å². The summed E-state index contributed by atoms with van der Waals surface area (Å²) >= 11 is 0. The number of nitrogens with zero attached hydrogens (tertiary/aromatic N) is 4. The van der Waals surface area contributed by atoms with Gasteiger partial charge < -0.3 is 14.6 Å². The number of imidazole rings is 1. The van der Waals surface area contributed by atoms with Crippen molar-refractivity contribution in [3.8, 4) is 0 Å². The molecule has 0 fully saturated rings. The number of amides is 1. The second-order valence-corrected chi connectivity index (χ2v) is 6.29. The monoisotopic (exact) mass is 405 g/mol. The van der Waals surface area contributed by atoms with E-state index in [0.717, 1.165) is 4.57 Å². The number of rotatable bonds is 9. The number of aryl methyl sites for hydroxylation is 2. The molecule has 0 radical (unpaired) electrons. The van der Waals surface area contributed by atoms with E-state index in [9.17, 15) is 27.6 Å². The van der Waals surface area contributed by atoms with Gasteiger partial charge in [-0.05, 0) is 12.8 Å². The van der Waals surface area contributed by atoms with Crippen molar-refractivity contribution in [1.29, 1.82) is 0 Å². The highest BCUT2D eigenvalue weighted by Gasteiger charge is 2.27. The predicted molar refractivity (Wildman–Crippen MR) is 93.9 cm³/mol. The highest BCUT2D eigenvalue weighted by molar-refractivity contribution is 5.75. The second-order valence-electron chi connectivity index (χ2n) is 6.29. The molecule has 1 N–H and O–H groups in total. The van der Waals surface area contributed by atoms with Crippen LogP contribution in [0.25, 0.3) is 11.2 Å². The van der Waals surface area contributed by atoms with Crippen LogP contribution in [0.15, 0.2) is 15.9 Å². The Hall–Kier alpha value is -2.63. The maximum Gasteiger partial charge on any atom is 0.411 e. The van der Waals surface area contributed by atoms with Crippen molar-refractivity contribution in [2.45, 2.75) is 32.0 Å². The van der Waals surface area contributed by atoms with Gasteiger partial charge in [-0.2, -0.15) is 13.2 Å². The van der Waals surface area contributed by atoms with Gasteiger partial charge in [0.05, 0.1) is 6.33 Å². The van der Waals surface area contributed by atoms with Crippen LogP contribution in [0.4, 0.5) is 13.2 Å². The molecule has 9 nitrogen and oxygen atoms in total. The molecule has 0 aliphatic carbocycles. The van der Waals surface area contributed by atoms with Crippen LogP contribution < -0.4 is 16.6 Å². The van der Waals surface area contributed by atoms with Crippen LogP contribution in [0.5, 0.6) is 0 Å². The van der Waals surface area contributed by atoms with Crippen molar-refractivity contribution in [3.63, 3.8) is 0 Å². The number of fused-ring (bicyclic) bond motifs is 1. The van der Waals surface area contributed by atoms with Crippen LogP contribution in [0.2, 0.25) is 0 Å². The molecular weight excluding hydrogens is 383 g/mol. The highest BCUT2D eigenvalue weighted by Crippen LogP contribution is 2.14. The van der Waals surface area contributed by atoms with Gasteiger partial charge in [-0.15, -0.1) is 0 Å². The van der Waals surface area contributed by atoms with Crippen LogP contribution in [0.3, 0.4) is 0 Å². The van der Waals surface area contributed by atoms with E-state index in [0.29, 0.717) is 13.0 Å². The Morgan fingerprint density at radius 3 is 2.61 bits per heavy atom. The Morgan fingerprint density at radius 1 is 1.21 bits per heavy atom. The standard InChI is InChI=1S/C16H22F3N5O4/c1-22-13-12(14(26)23(2)15(22)27)24(10-21-13)7-3-5-11(25)20-6-4-8-28-9-16(17,18)19/h10H,3-9H2,1-2H3,(H,20,25). The number of halogens is 3. The first-order valence-corrected chi connectivity index (χ1v) is 8.64. The zero-order chi connectivity index (χ0) is 20.9. The van der Waals surface area contributed by atoms with E-state index in [1.807, 2.05) is 0 Å². The van der Waals surface area contributed by atoms with Crippen molar-refractivity contribution in [3.05, 3.63) is 27.2 Å². The first kappa shape index (κ1) is 21.7. The molecule has 1 amide bonds. The molecule has 0 aromatic carbocycles. The van der Waals surface area contributed by atoms with Crippen LogP contribution in [-0.4, -0.2) is 50.5 Å². The molecule has 2 heterocycles. The van der Waals surface area contributed by atoms with Crippen LogP contribution in [0.1, 0.15) is 19.3 Å². The summed E-state index contributed by atoms with van der Waals surface area (Å²) in [7, 11) is 2.90. The van der Waals surface area contributed by atoms with Crippen molar-refractivity contribution in [2.24, 2.45) is 14.1 Å². The normalized spacial score (nSPS) is 11.9. The zero-order valence-electron chi connectivity index (χ0n) is 15.6. The van der Waals surface area contributed by atoms with E-state index >= 15 is 0 Å². The fraction of sp³-hybridized carbons (Fsp3) is 0.625. The third-order valence-electron chi connectivity index (χ3n) is 4.07. The minimum absolute atomic E-state index is 0.0944. The van der Waals surface area contributed by atoms with E-state index < -0.39 is 24.0 Å². The predicted octanol–water partition coefficient (Wildman–Crippen LogP) is 0.299. The quantitative estimate of drug-likeness (QED) is 0.605. The van der Waals surface area contributed by atoms with Gasteiger partial charge in [0.2, 0.25) is 5.91 Å². The fourth-order valence-electron chi connectivity index (χ4n) is 2.65. The summed E-state index contributed by atoms with van der Waals surface area (Å²) in [5.41, 5.74) is -0.372. The Bertz CT molecular complexity index is 945. The lowest BCUT2D eigenvalue weighted by atomic mass is 10.3. The maximum atomic E-state index is 12.3. The lowest BCUT2D eigenvalue weighted by molar-refractivity contribution is -0.174. The molecule has 2 aromatic rings. The van der Waals surface area contributed by atoms with Crippen molar-refractivity contribution in [1.82, 2.24) is 24.0 Å². The average Bonchev–Trinajstić information content (AvgIpc) is 3.04. The molecule has 0 atom stereocenters. The van der Waals surface area contributed by atoms with E-state index in [2.05, 4.69) is 15.0 Å². The molecule has 12 heteroatoms. The molecule has 0 aliphatic rings. The first-order valence-electron chi connectivity index (χ1n) is 8.64. The Morgan fingerprint density at radius 2 is 1.93 bits per heavy atom. The summed E-state index contributed by atoms with van der Waals surface area (Å²) in [5, 5.41) is 2.60. The van der Waals surface area contributed by atoms with E-state index in [1.165, 1.54) is 25.0 Å². The molecule has 0 aliphatic heterocycles. The van der Waals surface area contributed by atoms with Gasteiger partial charge in [0, 0.05) is 40.2 Å². The molecular formula is C16H22F3N5O4. The van der Waals surface area contributed by atoms with Crippen LogP contribution >= 0.6 is 0 Å². The van der Waals surface area contributed by atoms with Gasteiger partial charge in [0.1, 0.15) is 6.61 Å². The summed E-state index contributed by atoms with van der Waals surface area (Å²) in [4.78, 5) is 40.1. The van der Waals surface area contributed by atoms with E-state index in [-0.39, 0.29) is 43.1 Å². The lowest BCUT2D eigenvalue weighted by Gasteiger charge is -2.09. The number of hydrogen-bond acceptors (Lipinski definition) is 5.